The van der Waals surface area contributed by atoms with Crippen LogP contribution in [0.4, 0.5) is 11.8 Å². The van der Waals surface area contributed by atoms with Gasteiger partial charge >= 0.3 is 0 Å². The zero-order valence-corrected chi connectivity index (χ0v) is 9.57. The van der Waals surface area contributed by atoms with E-state index in [9.17, 15) is 0 Å². The van der Waals surface area contributed by atoms with Gasteiger partial charge in [-0.2, -0.15) is 4.98 Å². The Kier molecular flexibility index (Phi) is 2.75. The maximum absolute atomic E-state index is 4.45. The second-order valence-electron chi connectivity index (χ2n) is 4.35. The summed E-state index contributed by atoms with van der Waals surface area (Å²) in [5, 5.41) is 2.96. The summed E-state index contributed by atoms with van der Waals surface area (Å²) in [6, 6.07) is 1.98. The highest BCUT2D eigenvalue weighted by Gasteiger charge is 2.26. The first-order valence-corrected chi connectivity index (χ1v) is 5.46. The molecule has 1 aliphatic rings. The first kappa shape index (κ1) is 10.2. The van der Waals surface area contributed by atoms with Crippen molar-refractivity contribution in [3.05, 3.63) is 12.3 Å². The second kappa shape index (κ2) is 4.04. The molecule has 0 spiro atoms. The molecule has 1 saturated heterocycles. The van der Waals surface area contributed by atoms with Gasteiger partial charge in [-0.05, 0) is 17.9 Å². The molecule has 1 N–H and O–H groups in total. The predicted molar refractivity (Wildman–Crippen MR) is 62.1 cm³/mol. The molecule has 15 heavy (non-hydrogen) atoms. The first-order valence-electron chi connectivity index (χ1n) is 5.46. The van der Waals surface area contributed by atoms with Crippen LogP contribution in [0.15, 0.2) is 12.3 Å². The Labute approximate surface area is 90.7 Å². The van der Waals surface area contributed by atoms with Crippen LogP contribution >= 0.6 is 0 Å². The van der Waals surface area contributed by atoms with Gasteiger partial charge in [-0.3, -0.25) is 0 Å². The molecule has 0 radical (unpaired) electrons. The molecule has 0 amide bonds. The normalized spacial score (nSPS) is 25.7. The minimum Gasteiger partial charge on any atom is -0.357 e. The van der Waals surface area contributed by atoms with Crippen molar-refractivity contribution in [1.82, 2.24) is 9.97 Å². The van der Waals surface area contributed by atoms with E-state index >= 15 is 0 Å². The fourth-order valence-corrected chi connectivity index (χ4v) is 1.96. The van der Waals surface area contributed by atoms with E-state index in [1.807, 2.05) is 19.3 Å². The van der Waals surface area contributed by atoms with Crippen molar-refractivity contribution in [2.45, 2.75) is 13.8 Å². The molecule has 2 heterocycles. The molecule has 2 rings (SSSR count). The first-order chi connectivity index (χ1) is 7.20. The highest BCUT2D eigenvalue weighted by Crippen LogP contribution is 2.26. The van der Waals surface area contributed by atoms with Crippen molar-refractivity contribution in [2.24, 2.45) is 11.8 Å². The Balaban J connectivity index is 2.16. The van der Waals surface area contributed by atoms with Crippen LogP contribution in [0.1, 0.15) is 13.8 Å². The lowest BCUT2D eigenvalue weighted by Gasteiger charge is -2.17. The van der Waals surface area contributed by atoms with Crippen LogP contribution in [0.5, 0.6) is 0 Å². The quantitative estimate of drug-likeness (QED) is 0.798. The highest BCUT2D eigenvalue weighted by molar-refractivity contribution is 5.43. The van der Waals surface area contributed by atoms with Crippen molar-refractivity contribution in [2.75, 3.05) is 30.4 Å². The molecule has 82 valence electrons. The summed E-state index contributed by atoms with van der Waals surface area (Å²) in [5.74, 6) is 3.22. The zero-order chi connectivity index (χ0) is 10.8. The Bertz CT molecular complexity index is 329. The summed E-state index contributed by atoms with van der Waals surface area (Å²) in [4.78, 5) is 10.9. The fourth-order valence-electron chi connectivity index (χ4n) is 1.96. The monoisotopic (exact) mass is 206 g/mol. The van der Waals surface area contributed by atoms with E-state index in [1.54, 1.807) is 0 Å². The van der Waals surface area contributed by atoms with Crippen LogP contribution in [0, 0.1) is 11.8 Å². The van der Waals surface area contributed by atoms with E-state index in [0.717, 1.165) is 30.7 Å². The molecule has 1 aromatic heterocycles. The summed E-state index contributed by atoms with van der Waals surface area (Å²) in [7, 11) is 1.84. The van der Waals surface area contributed by atoms with E-state index in [4.69, 9.17) is 0 Å². The van der Waals surface area contributed by atoms with Gasteiger partial charge < -0.3 is 10.2 Å². The minimum absolute atomic E-state index is 0.694. The third-order valence-electron chi connectivity index (χ3n) is 3.18. The number of rotatable bonds is 2. The molecule has 4 nitrogen and oxygen atoms in total. The molecule has 0 saturated carbocycles. The predicted octanol–water partition coefficient (Wildman–Crippen LogP) is 1.61. The van der Waals surface area contributed by atoms with Gasteiger partial charge in [0.25, 0.3) is 0 Å². The summed E-state index contributed by atoms with van der Waals surface area (Å²) < 4.78 is 0. The summed E-state index contributed by atoms with van der Waals surface area (Å²) in [5.41, 5.74) is 0. The van der Waals surface area contributed by atoms with Crippen LogP contribution < -0.4 is 10.2 Å². The van der Waals surface area contributed by atoms with E-state index < -0.39 is 0 Å². The summed E-state index contributed by atoms with van der Waals surface area (Å²) >= 11 is 0. The number of nitrogens with zero attached hydrogens (tertiary/aromatic N) is 3. The lowest BCUT2D eigenvalue weighted by molar-refractivity contribution is 0.494. The lowest BCUT2D eigenvalue weighted by Crippen LogP contribution is -2.21. The largest absolute Gasteiger partial charge is 0.357 e. The maximum atomic E-state index is 4.45. The zero-order valence-electron chi connectivity index (χ0n) is 9.57. The van der Waals surface area contributed by atoms with Crippen molar-refractivity contribution < 1.29 is 0 Å². The van der Waals surface area contributed by atoms with Crippen molar-refractivity contribution >= 4 is 11.8 Å². The average molecular weight is 206 g/mol. The van der Waals surface area contributed by atoms with E-state index in [0.29, 0.717) is 5.95 Å². The molecule has 1 fully saturated rings. The van der Waals surface area contributed by atoms with Gasteiger partial charge in [-0.25, -0.2) is 4.98 Å². The smallest absolute Gasteiger partial charge is 0.224 e. The Hall–Kier alpha value is -1.32. The minimum atomic E-state index is 0.694. The van der Waals surface area contributed by atoms with E-state index in [1.165, 1.54) is 0 Å². The molecule has 0 bridgehead atoms. The van der Waals surface area contributed by atoms with E-state index in [-0.39, 0.29) is 0 Å². The molecule has 0 aliphatic carbocycles. The van der Waals surface area contributed by atoms with Crippen LogP contribution in [0.25, 0.3) is 0 Å². The van der Waals surface area contributed by atoms with Crippen molar-refractivity contribution in [3.8, 4) is 0 Å². The maximum Gasteiger partial charge on any atom is 0.224 e. The molecule has 4 heteroatoms. The molecular weight excluding hydrogens is 188 g/mol. The second-order valence-corrected chi connectivity index (χ2v) is 4.35. The van der Waals surface area contributed by atoms with Gasteiger partial charge in [0.15, 0.2) is 0 Å². The number of hydrogen-bond acceptors (Lipinski definition) is 4. The number of anilines is 2. The SMILES string of the molecule is CNc1nccc(N2CC(C)C(C)C2)n1. The Morgan fingerprint density at radius 2 is 2.00 bits per heavy atom. The van der Waals surface area contributed by atoms with Gasteiger partial charge in [0.1, 0.15) is 5.82 Å². The van der Waals surface area contributed by atoms with Gasteiger partial charge in [-0.15, -0.1) is 0 Å². The highest BCUT2D eigenvalue weighted by atomic mass is 15.2. The van der Waals surface area contributed by atoms with E-state index in [2.05, 4.69) is 34.0 Å². The lowest BCUT2D eigenvalue weighted by atomic mass is 10.0. The van der Waals surface area contributed by atoms with Gasteiger partial charge in [0.05, 0.1) is 0 Å². The average Bonchev–Trinajstić information content (AvgIpc) is 2.59. The fraction of sp³-hybridized carbons (Fsp3) is 0.636. The molecule has 2 atom stereocenters. The topological polar surface area (TPSA) is 41.1 Å². The number of aromatic nitrogens is 2. The number of nitrogens with one attached hydrogen (secondary N) is 1. The Morgan fingerprint density at radius 1 is 1.33 bits per heavy atom. The summed E-state index contributed by atoms with van der Waals surface area (Å²) in [6.07, 6.45) is 1.81. The van der Waals surface area contributed by atoms with Gasteiger partial charge in [0.2, 0.25) is 5.95 Å². The van der Waals surface area contributed by atoms with Crippen LogP contribution in [0.2, 0.25) is 0 Å². The van der Waals surface area contributed by atoms with Crippen LogP contribution in [-0.4, -0.2) is 30.1 Å². The number of hydrogen-bond donors (Lipinski definition) is 1. The molecule has 2 unspecified atom stereocenters. The molecule has 1 aromatic rings. The molecule has 1 aliphatic heterocycles. The standard InChI is InChI=1S/C11H18N4/c1-8-6-15(7-9(8)2)10-4-5-13-11(12-3)14-10/h4-5,8-9H,6-7H2,1-3H3,(H,12,13,14). The third kappa shape index (κ3) is 2.03. The van der Waals surface area contributed by atoms with Gasteiger partial charge in [-0.1, -0.05) is 13.8 Å². The summed E-state index contributed by atoms with van der Waals surface area (Å²) in [6.45, 7) is 6.79. The Morgan fingerprint density at radius 3 is 2.60 bits per heavy atom. The molecule has 0 aromatic carbocycles. The van der Waals surface area contributed by atoms with Crippen LogP contribution in [-0.2, 0) is 0 Å². The van der Waals surface area contributed by atoms with Crippen LogP contribution in [0.3, 0.4) is 0 Å². The van der Waals surface area contributed by atoms with Crippen molar-refractivity contribution in [1.29, 1.82) is 0 Å². The van der Waals surface area contributed by atoms with Crippen molar-refractivity contribution in [3.63, 3.8) is 0 Å². The molecular formula is C11H18N4. The third-order valence-corrected chi connectivity index (χ3v) is 3.18. The van der Waals surface area contributed by atoms with Gasteiger partial charge in [0, 0.05) is 26.3 Å².